The van der Waals surface area contributed by atoms with E-state index >= 15 is 4.39 Å². The average Bonchev–Trinajstić information content (AvgIpc) is 3.34. The first-order valence-electron chi connectivity index (χ1n) is 14.9. The lowest BCUT2D eigenvalue weighted by Crippen LogP contribution is -2.51. The number of carboxylic acids is 1. The van der Waals surface area contributed by atoms with Gasteiger partial charge in [-0.1, -0.05) is 0 Å². The maximum absolute atomic E-state index is 15.5. The van der Waals surface area contributed by atoms with Crippen LogP contribution in [0.4, 0.5) is 15.0 Å². The molecule has 0 bridgehead atoms. The molecule has 0 spiro atoms. The van der Waals surface area contributed by atoms with E-state index in [-0.39, 0.29) is 12.5 Å². The minimum Gasteiger partial charge on any atom is -0.490 e. The number of nitrogens with zero attached hydrogens (tertiary/aromatic N) is 6. The van der Waals surface area contributed by atoms with Crippen LogP contribution in [0.15, 0.2) is 30.5 Å². The predicted octanol–water partition coefficient (Wildman–Crippen LogP) is 4.81. The van der Waals surface area contributed by atoms with E-state index in [0.29, 0.717) is 73.0 Å². The van der Waals surface area contributed by atoms with Crippen LogP contribution >= 0.6 is 0 Å². The summed E-state index contributed by atoms with van der Waals surface area (Å²) in [6, 6.07) is 7.47. The first-order chi connectivity index (χ1) is 21.0. The van der Waals surface area contributed by atoms with Gasteiger partial charge in [-0.05, 0) is 73.2 Å². The van der Waals surface area contributed by atoms with Gasteiger partial charge in [0.25, 0.3) is 0 Å². The number of amides is 2. The number of fused-ring (bicyclic) bond motifs is 2. The number of hydrogen-bond acceptors (Lipinski definition) is 6. The average molecular weight is 601 g/mol. The van der Waals surface area contributed by atoms with Crippen LogP contribution in [-0.2, 0) is 24.7 Å². The number of piperazine rings is 1. The van der Waals surface area contributed by atoms with Crippen molar-refractivity contribution in [3.05, 3.63) is 58.7 Å². The lowest BCUT2D eigenvalue weighted by atomic mass is 9.87. The molecule has 5 heterocycles. The third-order valence-electron chi connectivity index (χ3n) is 8.81. The molecule has 2 aliphatic heterocycles. The number of carboxylic acid groups (broad SMARTS) is 1. The number of pyridine rings is 2. The van der Waals surface area contributed by atoms with Crippen LogP contribution in [0.2, 0.25) is 0 Å². The van der Waals surface area contributed by atoms with Crippen LogP contribution in [0.5, 0.6) is 5.75 Å². The van der Waals surface area contributed by atoms with Crippen LogP contribution in [0.25, 0.3) is 33.4 Å². The highest BCUT2D eigenvalue weighted by molar-refractivity contribution is 6.01. The number of ether oxygens (including phenoxy) is 1. The Bertz CT molecular complexity index is 1790. The van der Waals surface area contributed by atoms with Crippen molar-refractivity contribution in [2.24, 2.45) is 7.05 Å². The quantitative estimate of drug-likeness (QED) is 0.351. The summed E-state index contributed by atoms with van der Waals surface area (Å²) in [6.45, 7) is 6.80. The number of aryl methyl sites for hydroxylation is 2. The number of aliphatic carboxylic acids is 1. The largest absolute Gasteiger partial charge is 0.490 e. The molecule has 6 rings (SSSR count). The summed E-state index contributed by atoms with van der Waals surface area (Å²) in [6.07, 6.45) is 3.04. The highest BCUT2D eigenvalue weighted by Crippen LogP contribution is 2.43. The van der Waals surface area contributed by atoms with Crippen molar-refractivity contribution in [3.8, 4) is 28.1 Å². The number of rotatable bonds is 5. The molecular weight excluding hydrogens is 563 g/mol. The van der Waals surface area contributed by atoms with Crippen LogP contribution in [0.1, 0.15) is 28.8 Å². The van der Waals surface area contributed by atoms with Crippen molar-refractivity contribution in [2.75, 3.05) is 51.8 Å². The van der Waals surface area contributed by atoms with Gasteiger partial charge in [-0.3, -0.25) is 4.79 Å². The highest BCUT2D eigenvalue weighted by Gasteiger charge is 2.27. The second-order valence-electron chi connectivity index (χ2n) is 11.8. The standard InChI is InChI=1S/C33H37FN6O4/c1-19-22-7-6-14-44-31(22)26(34)16-23(19)30-24(18-29(41)42)20(2)36-32-25(30)17-27(38(32)5)21-8-9-35-28(15-21)39-10-12-40(13-11-39)33(43)37(3)4/h8-9,15-17H,6-7,10-14,18H2,1-5H3,(H,41,42). The fourth-order valence-corrected chi connectivity index (χ4v) is 6.51. The van der Waals surface area contributed by atoms with Gasteiger partial charge in [0.15, 0.2) is 11.6 Å². The summed E-state index contributed by atoms with van der Waals surface area (Å²) in [7, 11) is 5.45. The Morgan fingerprint density at radius 1 is 1.11 bits per heavy atom. The molecule has 0 unspecified atom stereocenters. The number of aromatic nitrogens is 3. The minimum absolute atomic E-state index is 0.00398. The molecule has 0 atom stereocenters. The SMILES string of the molecule is Cc1nc2c(cc(-c3ccnc(N4CCN(C(=O)N(C)C)CC4)c3)n2C)c(-c2cc(F)c3c(c2C)CCCO3)c1CC(=O)O. The molecule has 44 heavy (non-hydrogen) atoms. The van der Waals surface area contributed by atoms with E-state index in [0.717, 1.165) is 40.0 Å². The van der Waals surface area contributed by atoms with E-state index < -0.39 is 11.8 Å². The summed E-state index contributed by atoms with van der Waals surface area (Å²) >= 11 is 0. The van der Waals surface area contributed by atoms with Crippen molar-refractivity contribution in [1.29, 1.82) is 0 Å². The van der Waals surface area contributed by atoms with Gasteiger partial charge in [0.05, 0.1) is 18.7 Å². The fourth-order valence-electron chi connectivity index (χ4n) is 6.51. The number of carbonyl (C=O) groups is 2. The number of hydrogen-bond donors (Lipinski definition) is 1. The molecule has 1 saturated heterocycles. The Morgan fingerprint density at radius 2 is 1.86 bits per heavy atom. The van der Waals surface area contributed by atoms with Gasteiger partial charge in [0, 0.05) is 75.7 Å². The molecule has 0 radical (unpaired) electrons. The van der Waals surface area contributed by atoms with E-state index in [1.165, 1.54) is 6.07 Å². The minimum atomic E-state index is -0.975. The Kier molecular flexibility index (Phi) is 7.65. The van der Waals surface area contributed by atoms with Crippen molar-refractivity contribution in [3.63, 3.8) is 0 Å². The molecule has 1 aromatic carbocycles. The maximum atomic E-state index is 15.5. The molecule has 0 saturated carbocycles. The van der Waals surface area contributed by atoms with Crippen molar-refractivity contribution in [2.45, 2.75) is 33.1 Å². The fraction of sp³-hybridized carbons (Fsp3) is 0.394. The van der Waals surface area contributed by atoms with Gasteiger partial charge < -0.3 is 29.1 Å². The van der Waals surface area contributed by atoms with Crippen LogP contribution < -0.4 is 9.64 Å². The molecule has 11 heteroatoms. The molecule has 2 aliphatic rings. The zero-order chi connectivity index (χ0) is 31.3. The second-order valence-corrected chi connectivity index (χ2v) is 11.8. The van der Waals surface area contributed by atoms with Gasteiger partial charge in [-0.15, -0.1) is 0 Å². The summed E-state index contributed by atoms with van der Waals surface area (Å²) in [5.41, 5.74) is 6.73. The smallest absolute Gasteiger partial charge is 0.319 e. The highest BCUT2D eigenvalue weighted by atomic mass is 19.1. The van der Waals surface area contributed by atoms with Crippen molar-refractivity contribution in [1.82, 2.24) is 24.3 Å². The van der Waals surface area contributed by atoms with Gasteiger partial charge in [0.2, 0.25) is 0 Å². The third kappa shape index (κ3) is 5.10. The number of carbonyl (C=O) groups excluding carboxylic acids is 1. The topological polar surface area (TPSA) is 104 Å². The Morgan fingerprint density at radius 3 is 2.57 bits per heavy atom. The molecule has 1 fully saturated rings. The maximum Gasteiger partial charge on any atom is 0.319 e. The zero-order valence-electron chi connectivity index (χ0n) is 25.8. The van der Waals surface area contributed by atoms with E-state index in [1.807, 2.05) is 48.6 Å². The van der Waals surface area contributed by atoms with E-state index in [9.17, 15) is 14.7 Å². The first-order valence-corrected chi connectivity index (χ1v) is 14.9. The van der Waals surface area contributed by atoms with Crippen LogP contribution in [-0.4, -0.2) is 88.3 Å². The van der Waals surface area contributed by atoms with Crippen molar-refractivity contribution < 1.29 is 23.8 Å². The van der Waals surface area contributed by atoms with E-state index in [2.05, 4.69) is 9.88 Å². The zero-order valence-corrected chi connectivity index (χ0v) is 25.8. The van der Waals surface area contributed by atoms with Gasteiger partial charge in [-0.25, -0.2) is 19.2 Å². The lowest BCUT2D eigenvalue weighted by molar-refractivity contribution is -0.136. The van der Waals surface area contributed by atoms with Gasteiger partial charge in [-0.2, -0.15) is 0 Å². The number of urea groups is 1. The molecule has 1 N–H and O–H groups in total. The number of anilines is 1. The van der Waals surface area contributed by atoms with Gasteiger partial charge in [0.1, 0.15) is 11.5 Å². The Labute approximate surface area is 255 Å². The Balaban J connectivity index is 1.46. The molecule has 0 aliphatic carbocycles. The van der Waals surface area contributed by atoms with Crippen LogP contribution in [0.3, 0.4) is 0 Å². The Hall–Kier alpha value is -4.67. The summed E-state index contributed by atoms with van der Waals surface area (Å²) < 4.78 is 23.2. The summed E-state index contributed by atoms with van der Waals surface area (Å²) in [4.78, 5) is 39.5. The molecular formula is C33H37FN6O4. The predicted molar refractivity (Wildman–Crippen MR) is 167 cm³/mol. The van der Waals surface area contributed by atoms with Gasteiger partial charge >= 0.3 is 12.0 Å². The molecule has 230 valence electrons. The van der Waals surface area contributed by atoms with E-state index in [1.54, 1.807) is 25.2 Å². The molecule has 10 nitrogen and oxygen atoms in total. The van der Waals surface area contributed by atoms with E-state index in [4.69, 9.17) is 9.72 Å². The summed E-state index contributed by atoms with van der Waals surface area (Å²) in [5.74, 6) is -0.304. The summed E-state index contributed by atoms with van der Waals surface area (Å²) in [5, 5.41) is 10.6. The number of benzene rings is 1. The third-order valence-corrected chi connectivity index (χ3v) is 8.81. The van der Waals surface area contributed by atoms with Crippen molar-refractivity contribution >= 4 is 28.9 Å². The number of halogens is 1. The second kappa shape index (κ2) is 11.4. The molecule has 2 amide bonds. The normalized spacial score (nSPS) is 14.9. The molecule has 4 aromatic rings. The van der Waals surface area contributed by atoms with Crippen LogP contribution in [0, 0.1) is 19.7 Å². The monoisotopic (exact) mass is 600 g/mol. The molecule has 3 aromatic heterocycles. The first kappa shape index (κ1) is 29.4. The lowest BCUT2D eigenvalue weighted by Gasteiger charge is -2.36.